The van der Waals surface area contributed by atoms with Crippen molar-refractivity contribution in [2.45, 2.75) is 37.6 Å². The van der Waals surface area contributed by atoms with E-state index in [1.54, 1.807) is 11.4 Å². The van der Waals surface area contributed by atoms with Crippen molar-refractivity contribution in [3.8, 4) is 0 Å². The third-order valence-electron chi connectivity index (χ3n) is 3.32. The molecule has 0 spiro atoms. The van der Waals surface area contributed by atoms with E-state index < -0.39 is 5.54 Å². The van der Waals surface area contributed by atoms with Gasteiger partial charge >= 0.3 is 0 Å². The van der Waals surface area contributed by atoms with E-state index in [0.717, 1.165) is 25.7 Å². The lowest BCUT2D eigenvalue weighted by Crippen LogP contribution is -2.52. The standard InChI is InChI=1S/C12H16ClNO2S/c13-9-4-7-17-10(9)11(16)14-12(8-15)5-2-1-3-6-12/h4,7,15H,1-3,5-6,8H2,(H,14,16). The molecular weight excluding hydrogens is 258 g/mol. The van der Waals surface area contributed by atoms with Gasteiger partial charge in [-0.15, -0.1) is 11.3 Å². The average Bonchev–Trinajstić information content (AvgIpc) is 2.77. The van der Waals surface area contributed by atoms with Gasteiger partial charge in [-0.05, 0) is 24.3 Å². The Balaban J connectivity index is 2.08. The van der Waals surface area contributed by atoms with Crippen molar-refractivity contribution in [1.82, 2.24) is 5.32 Å². The summed E-state index contributed by atoms with van der Waals surface area (Å²) < 4.78 is 0. The molecule has 94 valence electrons. The Labute approximate surface area is 110 Å². The van der Waals surface area contributed by atoms with Crippen molar-refractivity contribution >= 4 is 28.8 Å². The Kier molecular flexibility index (Phi) is 4.07. The van der Waals surface area contributed by atoms with Crippen LogP contribution in [-0.4, -0.2) is 23.2 Å². The molecule has 1 heterocycles. The SMILES string of the molecule is O=C(NC1(CO)CCCCC1)c1sccc1Cl. The number of aliphatic hydroxyl groups excluding tert-OH is 1. The predicted molar refractivity (Wildman–Crippen MR) is 69.7 cm³/mol. The first-order chi connectivity index (χ1) is 8.17. The van der Waals surface area contributed by atoms with Crippen LogP contribution in [0.2, 0.25) is 5.02 Å². The molecule has 0 atom stereocenters. The number of amides is 1. The number of aliphatic hydroxyl groups is 1. The Bertz CT molecular complexity index is 399. The molecular formula is C12H16ClNO2S. The van der Waals surface area contributed by atoms with Crippen LogP contribution in [-0.2, 0) is 0 Å². The van der Waals surface area contributed by atoms with E-state index in [4.69, 9.17) is 11.6 Å². The molecule has 17 heavy (non-hydrogen) atoms. The number of carbonyl (C=O) groups is 1. The minimum Gasteiger partial charge on any atom is -0.394 e. The normalized spacial score (nSPS) is 18.9. The smallest absolute Gasteiger partial charge is 0.263 e. The molecule has 0 aliphatic heterocycles. The molecule has 1 fully saturated rings. The van der Waals surface area contributed by atoms with Crippen LogP contribution in [0.1, 0.15) is 41.8 Å². The predicted octanol–water partition coefficient (Wildman–Crippen LogP) is 2.83. The topological polar surface area (TPSA) is 49.3 Å². The van der Waals surface area contributed by atoms with E-state index in [1.807, 2.05) is 0 Å². The van der Waals surface area contributed by atoms with Crippen molar-refractivity contribution < 1.29 is 9.90 Å². The van der Waals surface area contributed by atoms with E-state index in [9.17, 15) is 9.90 Å². The maximum Gasteiger partial charge on any atom is 0.263 e. The summed E-state index contributed by atoms with van der Waals surface area (Å²) >= 11 is 7.26. The molecule has 0 bridgehead atoms. The second-order valence-electron chi connectivity index (χ2n) is 4.55. The van der Waals surface area contributed by atoms with Crippen molar-refractivity contribution in [3.63, 3.8) is 0 Å². The largest absolute Gasteiger partial charge is 0.394 e. The lowest BCUT2D eigenvalue weighted by molar-refractivity contribution is 0.0762. The minimum absolute atomic E-state index is 0.00172. The van der Waals surface area contributed by atoms with Gasteiger partial charge in [0.2, 0.25) is 0 Å². The van der Waals surface area contributed by atoms with Crippen LogP contribution < -0.4 is 5.32 Å². The zero-order valence-corrected chi connectivity index (χ0v) is 11.1. The Morgan fingerprint density at radius 1 is 1.47 bits per heavy atom. The quantitative estimate of drug-likeness (QED) is 0.890. The molecule has 3 nitrogen and oxygen atoms in total. The molecule has 1 saturated carbocycles. The van der Waals surface area contributed by atoms with Crippen molar-refractivity contribution in [2.75, 3.05) is 6.61 Å². The first-order valence-electron chi connectivity index (χ1n) is 5.83. The number of hydrogen-bond acceptors (Lipinski definition) is 3. The summed E-state index contributed by atoms with van der Waals surface area (Å²) in [5, 5.41) is 14.8. The number of carbonyl (C=O) groups excluding carboxylic acids is 1. The maximum atomic E-state index is 12.1. The first kappa shape index (κ1) is 12.9. The molecule has 2 N–H and O–H groups in total. The lowest BCUT2D eigenvalue weighted by atomic mass is 9.82. The van der Waals surface area contributed by atoms with Gasteiger partial charge in [0.25, 0.3) is 5.91 Å². The number of thiophene rings is 1. The van der Waals surface area contributed by atoms with Gasteiger partial charge < -0.3 is 10.4 Å². The summed E-state index contributed by atoms with van der Waals surface area (Å²) in [6, 6.07) is 1.72. The van der Waals surface area contributed by atoms with Crippen LogP contribution in [0, 0.1) is 0 Å². The number of rotatable bonds is 3. The highest BCUT2D eigenvalue weighted by molar-refractivity contribution is 7.12. The van der Waals surface area contributed by atoms with Gasteiger partial charge in [0, 0.05) is 0 Å². The molecule has 0 aromatic carbocycles. The average molecular weight is 274 g/mol. The van der Waals surface area contributed by atoms with Gasteiger partial charge in [-0.25, -0.2) is 0 Å². The number of halogens is 1. The number of nitrogens with one attached hydrogen (secondary N) is 1. The molecule has 1 amide bonds. The molecule has 1 aromatic rings. The van der Waals surface area contributed by atoms with Gasteiger partial charge in [-0.1, -0.05) is 30.9 Å². The van der Waals surface area contributed by atoms with Crippen molar-refractivity contribution in [1.29, 1.82) is 0 Å². The molecule has 0 saturated heterocycles. The zero-order valence-electron chi connectivity index (χ0n) is 9.54. The summed E-state index contributed by atoms with van der Waals surface area (Å²) in [6.07, 6.45) is 4.98. The fraction of sp³-hybridized carbons (Fsp3) is 0.583. The molecule has 0 unspecified atom stereocenters. The summed E-state index contributed by atoms with van der Waals surface area (Å²) in [7, 11) is 0. The minimum atomic E-state index is -0.442. The van der Waals surface area contributed by atoms with Gasteiger partial charge in [-0.2, -0.15) is 0 Å². The summed E-state index contributed by atoms with van der Waals surface area (Å²) in [6.45, 7) is 0.00172. The molecule has 1 aliphatic rings. The van der Waals surface area contributed by atoms with Crippen LogP contribution >= 0.6 is 22.9 Å². The van der Waals surface area contributed by atoms with Gasteiger partial charge in [0.15, 0.2) is 0 Å². The summed E-state index contributed by atoms with van der Waals surface area (Å²) in [4.78, 5) is 12.6. The monoisotopic (exact) mass is 273 g/mol. The van der Waals surface area contributed by atoms with Crippen molar-refractivity contribution in [3.05, 3.63) is 21.3 Å². The van der Waals surface area contributed by atoms with Gasteiger partial charge in [0.1, 0.15) is 4.88 Å². The third kappa shape index (κ3) is 2.81. The van der Waals surface area contributed by atoms with Crippen LogP contribution in [0.3, 0.4) is 0 Å². The van der Waals surface area contributed by atoms with E-state index in [2.05, 4.69) is 5.32 Å². The Morgan fingerprint density at radius 2 is 2.18 bits per heavy atom. The van der Waals surface area contributed by atoms with E-state index in [-0.39, 0.29) is 12.5 Å². The van der Waals surface area contributed by atoms with E-state index in [0.29, 0.717) is 9.90 Å². The van der Waals surface area contributed by atoms with Gasteiger partial charge in [0.05, 0.1) is 17.2 Å². The van der Waals surface area contributed by atoms with Crippen LogP contribution in [0.4, 0.5) is 0 Å². The molecule has 2 rings (SSSR count). The third-order valence-corrected chi connectivity index (χ3v) is 4.66. The fourth-order valence-electron chi connectivity index (χ4n) is 2.30. The van der Waals surface area contributed by atoms with Crippen molar-refractivity contribution in [2.24, 2.45) is 0 Å². The summed E-state index contributed by atoms with van der Waals surface area (Å²) in [5.41, 5.74) is -0.442. The Morgan fingerprint density at radius 3 is 2.71 bits per heavy atom. The lowest BCUT2D eigenvalue weighted by Gasteiger charge is -2.36. The molecule has 1 aliphatic carbocycles. The zero-order chi connectivity index (χ0) is 12.3. The highest BCUT2D eigenvalue weighted by atomic mass is 35.5. The second-order valence-corrected chi connectivity index (χ2v) is 5.87. The molecule has 1 aromatic heterocycles. The summed E-state index contributed by atoms with van der Waals surface area (Å²) in [5.74, 6) is -0.166. The van der Waals surface area contributed by atoms with Crippen LogP contribution in [0.25, 0.3) is 0 Å². The van der Waals surface area contributed by atoms with E-state index >= 15 is 0 Å². The van der Waals surface area contributed by atoms with Crippen LogP contribution in [0.5, 0.6) is 0 Å². The molecule has 0 radical (unpaired) electrons. The first-order valence-corrected chi connectivity index (χ1v) is 7.09. The Hall–Kier alpha value is -0.580. The maximum absolute atomic E-state index is 12.1. The molecule has 5 heteroatoms. The highest BCUT2D eigenvalue weighted by Crippen LogP contribution is 2.29. The fourth-order valence-corrected chi connectivity index (χ4v) is 3.34. The highest BCUT2D eigenvalue weighted by Gasteiger charge is 2.33. The van der Waals surface area contributed by atoms with Crippen LogP contribution in [0.15, 0.2) is 11.4 Å². The van der Waals surface area contributed by atoms with E-state index in [1.165, 1.54) is 17.8 Å². The second kappa shape index (κ2) is 5.38. The number of hydrogen-bond donors (Lipinski definition) is 2. The van der Waals surface area contributed by atoms with Gasteiger partial charge in [-0.3, -0.25) is 4.79 Å².